The quantitative estimate of drug-likeness (QED) is 0.922. The molecule has 0 aliphatic carbocycles. The molecule has 2 rings (SSSR count). The molecule has 1 N–H and O–H groups in total. The Hall–Kier alpha value is -1.17. The molecule has 6 heteroatoms. The largest absolute Gasteiger partial charge is 0.388 e. The lowest BCUT2D eigenvalue weighted by Gasteiger charge is -2.39. The van der Waals surface area contributed by atoms with Gasteiger partial charge in [0.05, 0.1) is 12.0 Å². The van der Waals surface area contributed by atoms with E-state index >= 15 is 0 Å². The van der Waals surface area contributed by atoms with Crippen molar-refractivity contribution in [1.29, 1.82) is 0 Å². The molecule has 0 spiro atoms. The number of halogens is 2. The van der Waals surface area contributed by atoms with Crippen LogP contribution in [0.25, 0.3) is 0 Å². The second-order valence-electron chi connectivity index (χ2n) is 6.24. The van der Waals surface area contributed by atoms with Gasteiger partial charge in [-0.05, 0) is 37.6 Å². The van der Waals surface area contributed by atoms with Crippen LogP contribution in [0.5, 0.6) is 0 Å². The van der Waals surface area contributed by atoms with Crippen LogP contribution in [0.1, 0.15) is 24.8 Å². The zero-order chi connectivity index (χ0) is 16.3. The van der Waals surface area contributed by atoms with Gasteiger partial charge in [-0.3, -0.25) is 9.69 Å². The number of nitrogens with zero attached hydrogens (tertiary/aromatic N) is 2. The third-order valence-corrected chi connectivity index (χ3v) is 4.25. The van der Waals surface area contributed by atoms with Crippen molar-refractivity contribution < 1.29 is 14.3 Å². The van der Waals surface area contributed by atoms with Crippen molar-refractivity contribution in [2.24, 2.45) is 0 Å². The van der Waals surface area contributed by atoms with Gasteiger partial charge in [-0.25, -0.2) is 4.39 Å². The van der Waals surface area contributed by atoms with E-state index in [0.29, 0.717) is 30.1 Å². The zero-order valence-electron chi connectivity index (χ0n) is 13.0. The summed E-state index contributed by atoms with van der Waals surface area (Å²) >= 11 is 5.91. The summed E-state index contributed by atoms with van der Waals surface area (Å²) in [4.78, 5) is 15.3. The van der Waals surface area contributed by atoms with Crippen LogP contribution in [0.2, 0.25) is 5.02 Å². The molecule has 1 heterocycles. The first-order valence-corrected chi connectivity index (χ1v) is 7.76. The lowest BCUT2D eigenvalue weighted by molar-refractivity contribution is -0.136. The standard InChI is InChI=1S/C16H22ClFN2O2/c1-19(2)15(21)9-16(22)6-3-7-20(11-16)10-12-8-13(17)4-5-14(12)18/h4-5,8,22H,3,6-7,9-11H2,1-2H3. The molecule has 1 aliphatic rings. The number of hydrogen-bond acceptors (Lipinski definition) is 3. The third kappa shape index (κ3) is 4.41. The van der Waals surface area contributed by atoms with Crippen LogP contribution in [0.4, 0.5) is 4.39 Å². The van der Waals surface area contributed by atoms with Gasteiger partial charge < -0.3 is 10.0 Å². The molecule has 1 aromatic carbocycles. The number of amides is 1. The summed E-state index contributed by atoms with van der Waals surface area (Å²) in [7, 11) is 3.35. The number of aliphatic hydroxyl groups is 1. The molecular formula is C16H22ClFN2O2. The van der Waals surface area contributed by atoms with Crippen LogP contribution in [0.15, 0.2) is 18.2 Å². The third-order valence-electron chi connectivity index (χ3n) is 4.02. The van der Waals surface area contributed by atoms with Crippen LogP contribution < -0.4 is 0 Å². The van der Waals surface area contributed by atoms with Crippen LogP contribution in [0, 0.1) is 5.82 Å². The summed E-state index contributed by atoms with van der Waals surface area (Å²) in [6.45, 7) is 1.51. The van der Waals surface area contributed by atoms with Crippen LogP contribution in [-0.2, 0) is 11.3 Å². The van der Waals surface area contributed by atoms with Crippen LogP contribution >= 0.6 is 11.6 Å². The molecule has 0 bridgehead atoms. The minimum Gasteiger partial charge on any atom is -0.388 e. The summed E-state index contributed by atoms with van der Waals surface area (Å²) in [6.07, 6.45) is 1.45. The average molecular weight is 329 g/mol. The lowest BCUT2D eigenvalue weighted by atomic mass is 9.89. The highest BCUT2D eigenvalue weighted by Crippen LogP contribution is 2.27. The molecular weight excluding hydrogens is 307 g/mol. The molecule has 122 valence electrons. The number of piperidine rings is 1. The Morgan fingerprint density at radius 3 is 2.91 bits per heavy atom. The molecule has 1 amide bonds. The highest BCUT2D eigenvalue weighted by Gasteiger charge is 2.35. The van der Waals surface area contributed by atoms with E-state index in [0.717, 1.165) is 13.0 Å². The van der Waals surface area contributed by atoms with Crippen LogP contribution in [-0.4, -0.2) is 53.6 Å². The summed E-state index contributed by atoms with van der Waals surface area (Å²) < 4.78 is 13.8. The summed E-state index contributed by atoms with van der Waals surface area (Å²) in [5, 5.41) is 11.1. The molecule has 1 aliphatic heterocycles. The van der Waals surface area contributed by atoms with Gasteiger partial charge in [-0.1, -0.05) is 11.6 Å². The van der Waals surface area contributed by atoms with Gasteiger partial charge in [0.2, 0.25) is 5.91 Å². The van der Waals surface area contributed by atoms with E-state index in [2.05, 4.69) is 0 Å². The van der Waals surface area contributed by atoms with Crippen molar-refractivity contribution >= 4 is 17.5 Å². The second kappa shape index (κ2) is 6.94. The summed E-state index contributed by atoms with van der Waals surface area (Å²) in [6, 6.07) is 4.47. The molecule has 1 saturated heterocycles. The van der Waals surface area contributed by atoms with Crippen molar-refractivity contribution in [3.05, 3.63) is 34.6 Å². The van der Waals surface area contributed by atoms with E-state index in [9.17, 15) is 14.3 Å². The van der Waals surface area contributed by atoms with Gasteiger partial charge >= 0.3 is 0 Å². The topological polar surface area (TPSA) is 43.8 Å². The van der Waals surface area contributed by atoms with E-state index in [1.807, 2.05) is 4.90 Å². The number of rotatable bonds is 4. The van der Waals surface area contributed by atoms with Crippen molar-refractivity contribution in [3.8, 4) is 0 Å². The number of β-amino-alcohol motifs (C(OH)–C–C–N with tert-alkyl or cyclic N) is 1. The SMILES string of the molecule is CN(C)C(=O)CC1(O)CCCN(Cc2cc(Cl)ccc2F)C1. The smallest absolute Gasteiger partial charge is 0.224 e. The fraction of sp³-hybridized carbons (Fsp3) is 0.562. The van der Waals surface area contributed by atoms with Gasteiger partial charge in [0, 0.05) is 37.8 Å². The predicted molar refractivity (Wildman–Crippen MR) is 84.2 cm³/mol. The van der Waals surface area contributed by atoms with E-state index < -0.39 is 5.60 Å². The normalized spacial score (nSPS) is 22.6. The average Bonchev–Trinajstić information content (AvgIpc) is 2.42. The number of carbonyl (C=O) groups is 1. The summed E-state index contributed by atoms with van der Waals surface area (Å²) in [5.41, 5.74) is -0.537. The van der Waals surface area contributed by atoms with Crippen molar-refractivity contribution in [1.82, 2.24) is 9.80 Å². The van der Waals surface area contributed by atoms with Gasteiger partial charge in [0.25, 0.3) is 0 Å². The highest BCUT2D eigenvalue weighted by molar-refractivity contribution is 6.30. The van der Waals surface area contributed by atoms with Gasteiger partial charge in [-0.2, -0.15) is 0 Å². The molecule has 1 fully saturated rings. The molecule has 4 nitrogen and oxygen atoms in total. The minimum atomic E-state index is -1.05. The lowest BCUT2D eigenvalue weighted by Crippen LogP contribution is -2.50. The maximum Gasteiger partial charge on any atom is 0.224 e. The number of benzene rings is 1. The first kappa shape index (κ1) is 17.2. The first-order chi connectivity index (χ1) is 10.3. The number of carbonyl (C=O) groups excluding carboxylic acids is 1. The van der Waals surface area contributed by atoms with E-state index in [1.54, 1.807) is 20.2 Å². The van der Waals surface area contributed by atoms with Crippen molar-refractivity contribution in [3.63, 3.8) is 0 Å². The Balaban J connectivity index is 2.04. The van der Waals surface area contributed by atoms with Gasteiger partial charge in [0.15, 0.2) is 0 Å². The molecule has 1 atom stereocenters. The minimum absolute atomic E-state index is 0.0918. The van der Waals surface area contributed by atoms with Gasteiger partial charge in [0.1, 0.15) is 5.82 Å². The first-order valence-electron chi connectivity index (χ1n) is 7.38. The second-order valence-corrected chi connectivity index (χ2v) is 6.68. The molecule has 0 saturated carbocycles. The number of likely N-dealkylation sites (tertiary alicyclic amines) is 1. The van der Waals surface area contributed by atoms with Crippen molar-refractivity contribution in [2.45, 2.75) is 31.4 Å². The van der Waals surface area contributed by atoms with Crippen molar-refractivity contribution in [2.75, 3.05) is 27.2 Å². The molecule has 22 heavy (non-hydrogen) atoms. The van der Waals surface area contributed by atoms with E-state index in [-0.39, 0.29) is 18.1 Å². The monoisotopic (exact) mass is 328 g/mol. The molecule has 0 aromatic heterocycles. The fourth-order valence-corrected chi connectivity index (χ4v) is 3.03. The molecule has 1 aromatic rings. The predicted octanol–water partition coefficient (Wildman–Crippen LogP) is 2.28. The Labute approximate surface area is 135 Å². The van der Waals surface area contributed by atoms with Crippen LogP contribution in [0.3, 0.4) is 0 Å². The zero-order valence-corrected chi connectivity index (χ0v) is 13.7. The Morgan fingerprint density at radius 2 is 2.23 bits per heavy atom. The molecule has 1 unspecified atom stereocenters. The molecule has 0 radical (unpaired) electrons. The summed E-state index contributed by atoms with van der Waals surface area (Å²) in [5.74, 6) is -0.402. The number of hydrogen-bond donors (Lipinski definition) is 1. The fourth-order valence-electron chi connectivity index (χ4n) is 2.83. The highest BCUT2D eigenvalue weighted by atomic mass is 35.5. The maximum atomic E-state index is 13.8. The Bertz CT molecular complexity index is 553. The van der Waals surface area contributed by atoms with E-state index in [4.69, 9.17) is 11.6 Å². The Kier molecular flexibility index (Phi) is 5.42. The maximum absolute atomic E-state index is 13.8. The van der Waals surface area contributed by atoms with E-state index in [1.165, 1.54) is 17.0 Å². The van der Waals surface area contributed by atoms with Gasteiger partial charge in [-0.15, -0.1) is 0 Å². The Morgan fingerprint density at radius 1 is 1.50 bits per heavy atom.